The SMILES string of the molecule is CSc1cccc(N2CC(C)CC(C)C2)c1/C(N)=N/O. The van der Waals surface area contributed by atoms with Crippen molar-refractivity contribution in [3.05, 3.63) is 23.8 Å². The van der Waals surface area contributed by atoms with Gasteiger partial charge in [-0.3, -0.25) is 0 Å². The summed E-state index contributed by atoms with van der Waals surface area (Å²) in [6.07, 6.45) is 3.27. The van der Waals surface area contributed by atoms with Gasteiger partial charge in [-0.2, -0.15) is 0 Å². The Morgan fingerprint density at radius 3 is 2.55 bits per heavy atom. The third-order valence-corrected chi connectivity index (χ3v) is 4.58. The lowest BCUT2D eigenvalue weighted by atomic mass is 9.91. The molecule has 1 heterocycles. The van der Waals surface area contributed by atoms with Gasteiger partial charge >= 0.3 is 0 Å². The van der Waals surface area contributed by atoms with Crippen molar-refractivity contribution in [2.75, 3.05) is 24.2 Å². The van der Waals surface area contributed by atoms with Crippen molar-refractivity contribution in [2.45, 2.75) is 25.2 Å². The Bertz CT molecular complexity index is 494. The molecule has 3 N–H and O–H groups in total. The fraction of sp³-hybridized carbons (Fsp3) is 0.533. The van der Waals surface area contributed by atoms with E-state index in [0.29, 0.717) is 11.8 Å². The Labute approximate surface area is 125 Å². The van der Waals surface area contributed by atoms with Gasteiger partial charge in [0.1, 0.15) is 0 Å². The van der Waals surface area contributed by atoms with E-state index in [2.05, 4.69) is 30.0 Å². The van der Waals surface area contributed by atoms with E-state index in [1.165, 1.54) is 6.42 Å². The molecule has 4 nitrogen and oxygen atoms in total. The van der Waals surface area contributed by atoms with Crippen LogP contribution >= 0.6 is 11.8 Å². The first kappa shape index (κ1) is 15.0. The molecule has 2 rings (SSSR count). The predicted octanol–water partition coefficient (Wildman–Crippen LogP) is 2.99. The average molecular weight is 293 g/mol. The topological polar surface area (TPSA) is 61.8 Å². The summed E-state index contributed by atoms with van der Waals surface area (Å²) >= 11 is 1.62. The lowest BCUT2D eigenvalue weighted by Crippen LogP contribution is -2.39. The van der Waals surface area contributed by atoms with Gasteiger partial charge in [0.2, 0.25) is 0 Å². The highest BCUT2D eigenvalue weighted by atomic mass is 32.2. The van der Waals surface area contributed by atoms with Gasteiger partial charge in [-0.15, -0.1) is 11.8 Å². The summed E-state index contributed by atoms with van der Waals surface area (Å²) < 4.78 is 0. The molecule has 0 radical (unpaired) electrons. The van der Waals surface area contributed by atoms with Crippen LogP contribution in [0.3, 0.4) is 0 Å². The number of nitrogens with two attached hydrogens (primary N) is 1. The van der Waals surface area contributed by atoms with Crippen LogP contribution < -0.4 is 10.6 Å². The lowest BCUT2D eigenvalue weighted by molar-refractivity contribution is 0.318. The van der Waals surface area contributed by atoms with Gasteiger partial charge in [-0.25, -0.2) is 0 Å². The first-order valence-corrected chi connectivity index (χ1v) is 8.19. The predicted molar refractivity (Wildman–Crippen MR) is 85.9 cm³/mol. The number of nitrogens with zero attached hydrogens (tertiary/aromatic N) is 2. The van der Waals surface area contributed by atoms with Crippen molar-refractivity contribution in [2.24, 2.45) is 22.7 Å². The highest BCUT2D eigenvalue weighted by Gasteiger charge is 2.25. The van der Waals surface area contributed by atoms with Crippen LogP contribution in [0.15, 0.2) is 28.3 Å². The van der Waals surface area contributed by atoms with Crippen LogP contribution in [-0.4, -0.2) is 30.4 Å². The Hall–Kier alpha value is -1.36. The number of hydrogen-bond acceptors (Lipinski definition) is 4. The number of hydrogen-bond donors (Lipinski definition) is 2. The minimum absolute atomic E-state index is 0.191. The third kappa shape index (κ3) is 3.03. The molecule has 1 aliphatic rings. The maximum Gasteiger partial charge on any atom is 0.173 e. The van der Waals surface area contributed by atoms with E-state index in [4.69, 9.17) is 10.9 Å². The highest BCUT2D eigenvalue weighted by molar-refractivity contribution is 7.98. The van der Waals surface area contributed by atoms with Crippen molar-refractivity contribution in [3.63, 3.8) is 0 Å². The summed E-state index contributed by atoms with van der Waals surface area (Å²) in [6.45, 7) is 6.61. The van der Waals surface area contributed by atoms with Gasteiger partial charge < -0.3 is 15.8 Å². The Kier molecular flexibility index (Phi) is 4.81. The third-order valence-electron chi connectivity index (χ3n) is 3.80. The smallest absolute Gasteiger partial charge is 0.173 e. The van der Waals surface area contributed by atoms with Crippen LogP contribution in [-0.2, 0) is 0 Å². The molecular weight excluding hydrogens is 270 g/mol. The summed E-state index contributed by atoms with van der Waals surface area (Å²) in [5.74, 6) is 1.52. The molecule has 0 bridgehead atoms. The monoisotopic (exact) mass is 293 g/mol. The lowest BCUT2D eigenvalue weighted by Gasteiger charge is -2.37. The summed E-state index contributed by atoms with van der Waals surface area (Å²) in [7, 11) is 0. The summed E-state index contributed by atoms with van der Waals surface area (Å²) in [4.78, 5) is 3.41. The normalized spacial score (nSPS) is 23.9. The van der Waals surface area contributed by atoms with Crippen molar-refractivity contribution in [1.29, 1.82) is 0 Å². The van der Waals surface area contributed by atoms with E-state index in [9.17, 15) is 0 Å². The molecule has 1 saturated heterocycles. The van der Waals surface area contributed by atoms with Crippen molar-refractivity contribution < 1.29 is 5.21 Å². The molecule has 5 heteroatoms. The average Bonchev–Trinajstić information content (AvgIpc) is 2.44. The Morgan fingerprint density at radius 2 is 2.00 bits per heavy atom. The Morgan fingerprint density at radius 1 is 1.35 bits per heavy atom. The molecule has 110 valence electrons. The molecule has 0 aromatic heterocycles. The molecular formula is C15H23N3OS. The van der Waals surface area contributed by atoms with Gasteiger partial charge in [0.05, 0.1) is 5.56 Å². The first-order valence-electron chi connectivity index (χ1n) is 6.96. The van der Waals surface area contributed by atoms with Gasteiger partial charge in [0.25, 0.3) is 0 Å². The molecule has 2 atom stereocenters. The second-order valence-electron chi connectivity index (χ2n) is 5.69. The van der Waals surface area contributed by atoms with E-state index in [0.717, 1.165) is 29.2 Å². The van der Waals surface area contributed by atoms with E-state index in [1.807, 2.05) is 18.4 Å². The van der Waals surface area contributed by atoms with E-state index >= 15 is 0 Å². The molecule has 1 aliphatic heterocycles. The number of thioether (sulfide) groups is 1. The van der Waals surface area contributed by atoms with E-state index < -0.39 is 0 Å². The largest absolute Gasteiger partial charge is 0.409 e. The van der Waals surface area contributed by atoms with Crippen LogP contribution in [0.25, 0.3) is 0 Å². The molecule has 0 amide bonds. The van der Waals surface area contributed by atoms with Crippen LogP contribution in [0.4, 0.5) is 5.69 Å². The number of anilines is 1. The number of benzene rings is 1. The second-order valence-corrected chi connectivity index (χ2v) is 6.54. The fourth-order valence-corrected chi connectivity index (χ4v) is 3.75. The van der Waals surface area contributed by atoms with Crippen LogP contribution in [0, 0.1) is 11.8 Å². The summed E-state index contributed by atoms with van der Waals surface area (Å²) in [5.41, 5.74) is 7.83. The van der Waals surface area contributed by atoms with Crippen LogP contribution in [0.2, 0.25) is 0 Å². The van der Waals surface area contributed by atoms with Gasteiger partial charge in [-0.1, -0.05) is 25.1 Å². The fourth-order valence-electron chi connectivity index (χ4n) is 3.12. The number of oxime groups is 1. The molecule has 0 saturated carbocycles. The number of amidine groups is 1. The van der Waals surface area contributed by atoms with Crippen molar-refractivity contribution >= 4 is 23.3 Å². The zero-order chi connectivity index (χ0) is 14.7. The molecule has 2 unspecified atom stereocenters. The zero-order valence-corrected chi connectivity index (χ0v) is 13.2. The van der Waals surface area contributed by atoms with E-state index in [-0.39, 0.29) is 5.84 Å². The Balaban J connectivity index is 2.45. The maximum atomic E-state index is 9.07. The molecule has 0 aliphatic carbocycles. The van der Waals surface area contributed by atoms with Gasteiger partial charge in [-0.05, 0) is 36.6 Å². The minimum Gasteiger partial charge on any atom is -0.409 e. The van der Waals surface area contributed by atoms with Crippen molar-refractivity contribution in [3.8, 4) is 0 Å². The first-order chi connectivity index (χ1) is 9.56. The summed E-state index contributed by atoms with van der Waals surface area (Å²) in [5, 5.41) is 12.3. The van der Waals surface area contributed by atoms with Gasteiger partial charge in [0, 0.05) is 23.7 Å². The number of piperidine rings is 1. The standard InChI is InChI=1S/C15H23N3OS/c1-10-7-11(2)9-18(8-10)12-5-4-6-13(20-3)14(12)15(16)17-19/h4-6,10-11,19H,7-9H2,1-3H3,(H2,16,17). The highest BCUT2D eigenvalue weighted by Crippen LogP contribution is 2.33. The minimum atomic E-state index is 0.191. The van der Waals surface area contributed by atoms with Crippen molar-refractivity contribution in [1.82, 2.24) is 0 Å². The molecule has 1 fully saturated rings. The molecule has 1 aromatic carbocycles. The molecule has 20 heavy (non-hydrogen) atoms. The van der Waals surface area contributed by atoms with Crippen LogP contribution in [0.5, 0.6) is 0 Å². The molecule has 1 aromatic rings. The second kappa shape index (κ2) is 6.39. The van der Waals surface area contributed by atoms with Gasteiger partial charge in [0.15, 0.2) is 5.84 Å². The van der Waals surface area contributed by atoms with E-state index in [1.54, 1.807) is 11.8 Å². The number of rotatable bonds is 3. The zero-order valence-electron chi connectivity index (χ0n) is 12.3. The summed E-state index contributed by atoms with van der Waals surface area (Å²) in [6, 6.07) is 6.12. The molecule has 0 spiro atoms. The van der Waals surface area contributed by atoms with Crippen LogP contribution in [0.1, 0.15) is 25.8 Å². The maximum absolute atomic E-state index is 9.07. The quantitative estimate of drug-likeness (QED) is 0.296.